The molecule has 2 aliphatic heterocycles. The Labute approximate surface area is 196 Å². The van der Waals surface area contributed by atoms with E-state index in [0.717, 1.165) is 43.9 Å². The van der Waals surface area contributed by atoms with Crippen molar-refractivity contribution in [1.82, 2.24) is 0 Å². The van der Waals surface area contributed by atoms with Gasteiger partial charge in [0, 0.05) is 0 Å². The van der Waals surface area contributed by atoms with Gasteiger partial charge in [-0.2, -0.15) is 0 Å². The zero-order valence-electron chi connectivity index (χ0n) is 20.0. The number of hydrogen-bond acceptors (Lipinski definition) is 7. The lowest BCUT2D eigenvalue weighted by Crippen LogP contribution is -2.60. The number of carbonyl (C=O) groups excluding carboxylic acids is 3. The van der Waals surface area contributed by atoms with Crippen molar-refractivity contribution in [3.63, 3.8) is 0 Å². The lowest BCUT2D eigenvalue weighted by Gasteiger charge is -2.60. The molecule has 0 aromatic rings. The highest BCUT2D eigenvalue weighted by molar-refractivity contribution is 7.91. The van der Waals surface area contributed by atoms with E-state index in [1.807, 2.05) is 0 Å². The highest BCUT2D eigenvalue weighted by Gasteiger charge is 2.63. The van der Waals surface area contributed by atoms with Gasteiger partial charge in [-0.3, -0.25) is 14.4 Å². The first-order valence-electron chi connectivity index (χ1n) is 12.6. The summed E-state index contributed by atoms with van der Waals surface area (Å²) in [5.74, 6) is -2.71. The Morgan fingerprint density at radius 3 is 2.09 bits per heavy atom. The van der Waals surface area contributed by atoms with Crippen molar-refractivity contribution in [1.29, 1.82) is 0 Å². The second kappa shape index (κ2) is 7.53. The van der Waals surface area contributed by atoms with Crippen molar-refractivity contribution >= 4 is 27.7 Å². The summed E-state index contributed by atoms with van der Waals surface area (Å²) in [6, 6.07) is 0. The zero-order valence-corrected chi connectivity index (χ0v) is 20.9. The molecule has 0 radical (unpaired) electrons. The molecule has 6 aliphatic rings. The maximum atomic E-state index is 13.8. The molecule has 7 nitrogen and oxygen atoms in total. The summed E-state index contributed by atoms with van der Waals surface area (Å²) >= 11 is 0. The highest BCUT2D eigenvalue weighted by atomic mass is 32.2. The van der Waals surface area contributed by atoms with Gasteiger partial charge in [-0.05, 0) is 87.9 Å². The number of sulfone groups is 1. The highest BCUT2D eigenvalue weighted by Crippen LogP contribution is 2.61. The van der Waals surface area contributed by atoms with Gasteiger partial charge in [0.25, 0.3) is 0 Å². The fourth-order valence-corrected chi connectivity index (χ4v) is 10.7. The molecule has 0 N–H and O–H groups in total. The summed E-state index contributed by atoms with van der Waals surface area (Å²) in [4.78, 5) is 39.4. The molecule has 2 saturated heterocycles. The Morgan fingerprint density at radius 2 is 1.61 bits per heavy atom. The first-order valence-corrected chi connectivity index (χ1v) is 14.4. The van der Waals surface area contributed by atoms with Gasteiger partial charge in [-0.1, -0.05) is 13.8 Å². The molecule has 4 aliphatic carbocycles. The van der Waals surface area contributed by atoms with Crippen LogP contribution in [0.5, 0.6) is 0 Å². The minimum atomic E-state index is -3.30. The van der Waals surface area contributed by atoms with E-state index in [0.29, 0.717) is 11.8 Å². The molecule has 0 amide bonds. The lowest BCUT2D eigenvalue weighted by atomic mass is 9.49. The van der Waals surface area contributed by atoms with Crippen LogP contribution in [0.3, 0.4) is 0 Å². The summed E-state index contributed by atoms with van der Waals surface area (Å²) in [6.45, 7) is 7.18. The largest absolute Gasteiger partial charge is 0.458 e. The monoisotopic (exact) mass is 480 g/mol. The number of esters is 3. The van der Waals surface area contributed by atoms with Crippen LogP contribution >= 0.6 is 0 Å². The number of hydrogen-bond donors (Lipinski definition) is 0. The van der Waals surface area contributed by atoms with E-state index in [9.17, 15) is 22.8 Å². The SMILES string of the molecule is CCC1(OC(=O)C(C)(C)C2C(=O)OC(=O)C2C2CS(=O)(=O)CC2C)C2CC3CC(C2)CC1C3. The quantitative estimate of drug-likeness (QED) is 0.440. The molecule has 0 aromatic heterocycles. The summed E-state index contributed by atoms with van der Waals surface area (Å²) < 4.78 is 35.9. The van der Waals surface area contributed by atoms with Crippen LogP contribution in [0.2, 0.25) is 0 Å². The van der Waals surface area contributed by atoms with Gasteiger partial charge in [-0.15, -0.1) is 0 Å². The molecule has 4 unspecified atom stereocenters. The topological polar surface area (TPSA) is 104 Å². The van der Waals surface area contributed by atoms with Crippen LogP contribution in [0.25, 0.3) is 0 Å². The molecule has 0 aromatic carbocycles. The Morgan fingerprint density at radius 1 is 1.03 bits per heavy atom. The Hall–Kier alpha value is -1.44. The summed E-state index contributed by atoms with van der Waals surface area (Å²) in [7, 11) is -3.30. The van der Waals surface area contributed by atoms with E-state index in [2.05, 4.69) is 6.92 Å². The third-order valence-electron chi connectivity index (χ3n) is 9.90. The second-order valence-corrected chi connectivity index (χ2v) is 14.3. The average Bonchev–Trinajstić information content (AvgIpc) is 3.16. The van der Waals surface area contributed by atoms with Crippen molar-refractivity contribution in [2.75, 3.05) is 11.5 Å². The third-order valence-corrected chi connectivity index (χ3v) is 11.8. The number of carbonyl (C=O) groups is 3. The van der Waals surface area contributed by atoms with Crippen LogP contribution in [0, 0.1) is 52.8 Å². The van der Waals surface area contributed by atoms with E-state index in [1.54, 1.807) is 20.8 Å². The fourth-order valence-electron chi connectivity index (χ4n) is 8.42. The molecule has 33 heavy (non-hydrogen) atoms. The van der Waals surface area contributed by atoms with Gasteiger partial charge in [0.1, 0.15) is 5.60 Å². The van der Waals surface area contributed by atoms with Gasteiger partial charge in [-0.25, -0.2) is 8.42 Å². The second-order valence-electron chi connectivity index (χ2n) is 12.2. The maximum Gasteiger partial charge on any atom is 0.318 e. The zero-order chi connectivity index (χ0) is 23.9. The minimum absolute atomic E-state index is 0.0160. The Bertz CT molecular complexity index is 953. The fraction of sp³-hybridized carbons (Fsp3) is 0.880. The smallest absolute Gasteiger partial charge is 0.318 e. The van der Waals surface area contributed by atoms with Gasteiger partial charge in [0.15, 0.2) is 9.84 Å². The number of rotatable bonds is 5. The predicted molar refractivity (Wildman–Crippen MR) is 119 cm³/mol. The van der Waals surface area contributed by atoms with Gasteiger partial charge < -0.3 is 9.47 Å². The van der Waals surface area contributed by atoms with Crippen molar-refractivity contribution in [3.8, 4) is 0 Å². The Kier molecular flexibility index (Phi) is 5.32. The van der Waals surface area contributed by atoms with Crippen LogP contribution in [-0.4, -0.2) is 43.4 Å². The van der Waals surface area contributed by atoms with Crippen molar-refractivity contribution in [3.05, 3.63) is 0 Å². The molecule has 4 atom stereocenters. The first kappa shape index (κ1) is 23.3. The molecule has 6 rings (SSSR count). The molecule has 2 heterocycles. The molecule has 8 heteroatoms. The summed E-state index contributed by atoms with van der Waals surface area (Å²) in [5, 5.41) is 0. The van der Waals surface area contributed by atoms with E-state index in [-0.39, 0.29) is 17.4 Å². The third kappa shape index (κ3) is 3.49. The molecule has 184 valence electrons. The minimum Gasteiger partial charge on any atom is -0.458 e. The molecule has 4 bridgehead atoms. The van der Waals surface area contributed by atoms with E-state index >= 15 is 0 Å². The molecular formula is C25H36O7S. The first-order chi connectivity index (χ1) is 15.4. The predicted octanol–water partition coefficient (Wildman–Crippen LogP) is 3.16. The molecule has 0 spiro atoms. The molecule has 4 saturated carbocycles. The van der Waals surface area contributed by atoms with Crippen LogP contribution in [0.1, 0.15) is 66.2 Å². The van der Waals surface area contributed by atoms with Crippen molar-refractivity contribution in [2.24, 2.45) is 52.8 Å². The average molecular weight is 481 g/mol. The van der Waals surface area contributed by atoms with Crippen molar-refractivity contribution in [2.45, 2.75) is 71.8 Å². The lowest BCUT2D eigenvalue weighted by molar-refractivity contribution is -0.221. The van der Waals surface area contributed by atoms with Crippen LogP contribution < -0.4 is 0 Å². The van der Waals surface area contributed by atoms with Crippen molar-refractivity contribution < 1.29 is 32.3 Å². The molecule has 6 fully saturated rings. The standard InChI is InChI=1S/C25H36O7S/c1-5-25(16-7-14-6-15(9-16)10-17(25)8-14)32-23(28)24(3,4)20-19(21(26)31-22(20)27)18-12-33(29,30)11-13(18)2/h13-20H,5-12H2,1-4H3. The van der Waals surface area contributed by atoms with E-state index < -0.39 is 56.5 Å². The van der Waals surface area contributed by atoms with Gasteiger partial charge >= 0.3 is 17.9 Å². The summed E-state index contributed by atoms with van der Waals surface area (Å²) in [6.07, 6.45) is 6.43. The summed E-state index contributed by atoms with van der Waals surface area (Å²) in [5.41, 5.74) is -1.80. The Balaban J connectivity index is 1.42. The van der Waals surface area contributed by atoms with Crippen LogP contribution in [0.15, 0.2) is 0 Å². The van der Waals surface area contributed by atoms with E-state index in [4.69, 9.17) is 9.47 Å². The number of ether oxygens (including phenoxy) is 2. The number of cyclic esters (lactones) is 2. The van der Waals surface area contributed by atoms with Gasteiger partial charge in [0.05, 0.1) is 28.8 Å². The van der Waals surface area contributed by atoms with E-state index in [1.165, 1.54) is 6.42 Å². The molecular weight excluding hydrogens is 444 g/mol. The maximum absolute atomic E-state index is 13.8. The van der Waals surface area contributed by atoms with Crippen LogP contribution in [-0.2, 0) is 33.7 Å². The van der Waals surface area contributed by atoms with Gasteiger partial charge in [0.2, 0.25) is 0 Å². The van der Waals surface area contributed by atoms with Crippen LogP contribution in [0.4, 0.5) is 0 Å². The normalized spacial score (nSPS) is 45.9.